The maximum absolute atomic E-state index is 11.3. The normalized spacial score (nSPS) is 27.2. The zero-order chi connectivity index (χ0) is 15.9. The first-order valence-corrected chi connectivity index (χ1v) is 6.72. The fourth-order valence-electron chi connectivity index (χ4n) is 2.54. The summed E-state index contributed by atoms with van der Waals surface area (Å²) in [7, 11) is 0. The van der Waals surface area contributed by atoms with Crippen LogP contribution >= 0.6 is 12.4 Å². The molecule has 0 aromatic carbocycles. The molecule has 1 aromatic heterocycles. The predicted octanol–water partition coefficient (Wildman–Crippen LogP) is -0.0624. The lowest BCUT2D eigenvalue weighted by Gasteiger charge is -2.20. The summed E-state index contributed by atoms with van der Waals surface area (Å²) in [5.74, 6) is -0.933. The van der Waals surface area contributed by atoms with Gasteiger partial charge in [0, 0.05) is 20.0 Å². The third-order valence-corrected chi connectivity index (χ3v) is 3.38. The molecule has 0 spiro atoms. The second-order valence-corrected chi connectivity index (χ2v) is 5.03. The van der Waals surface area contributed by atoms with E-state index in [1.165, 1.54) is 19.9 Å². The lowest BCUT2D eigenvalue weighted by molar-refractivity contribution is -0.157. The number of hydrogen-bond donors (Lipinski definition) is 1. The second kappa shape index (κ2) is 6.55. The van der Waals surface area contributed by atoms with Crippen LogP contribution in [0.5, 0.6) is 6.01 Å². The third-order valence-electron chi connectivity index (χ3n) is 3.38. The molecule has 2 aliphatic heterocycles. The van der Waals surface area contributed by atoms with Gasteiger partial charge in [0.25, 0.3) is 0 Å². The van der Waals surface area contributed by atoms with Gasteiger partial charge in [0.05, 0.1) is 0 Å². The highest BCUT2D eigenvalue weighted by Crippen LogP contribution is 2.40. The van der Waals surface area contributed by atoms with Crippen LogP contribution in [0.3, 0.4) is 0 Å². The number of fused-ring (bicyclic) bond motifs is 3. The molecular formula is C13H16ClN3O6. The largest absolute Gasteiger partial charge is 0.463 e. The van der Waals surface area contributed by atoms with Crippen molar-refractivity contribution in [3.05, 3.63) is 17.8 Å². The van der Waals surface area contributed by atoms with Crippen molar-refractivity contribution in [2.45, 2.75) is 38.4 Å². The van der Waals surface area contributed by atoms with Gasteiger partial charge in [0.1, 0.15) is 12.7 Å². The molecule has 0 bridgehead atoms. The van der Waals surface area contributed by atoms with Crippen molar-refractivity contribution in [3.8, 4) is 6.01 Å². The monoisotopic (exact) mass is 345 g/mol. The van der Waals surface area contributed by atoms with E-state index in [2.05, 4.69) is 4.98 Å². The van der Waals surface area contributed by atoms with E-state index in [-0.39, 0.29) is 30.5 Å². The van der Waals surface area contributed by atoms with E-state index in [4.69, 9.17) is 24.4 Å². The van der Waals surface area contributed by atoms with Crippen LogP contribution in [0.1, 0.15) is 20.1 Å². The maximum Gasteiger partial charge on any atom is 0.303 e. The number of halogens is 1. The summed E-state index contributed by atoms with van der Waals surface area (Å²) in [6.45, 7) is 2.53. The minimum absolute atomic E-state index is 0. The topological polar surface area (TPSA) is 113 Å². The Hall–Kier alpha value is -2.13. The van der Waals surface area contributed by atoms with E-state index in [9.17, 15) is 9.59 Å². The highest BCUT2D eigenvalue weighted by atomic mass is 35.5. The smallest absolute Gasteiger partial charge is 0.303 e. The zero-order valence-electron chi connectivity index (χ0n) is 12.4. The number of hydrogen-bond acceptors (Lipinski definition) is 8. The molecule has 0 aliphatic carbocycles. The van der Waals surface area contributed by atoms with E-state index < -0.39 is 36.5 Å². The average molecular weight is 346 g/mol. The molecule has 0 saturated carbocycles. The Kier molecular flexibility index (Phi) is 4.90. The number of carbonyl (C=O) groups is 2. The summed E-state index contributed by atoms with van der Waals surface area (Å²) in [4.78, 5) is 26.2. The zero-order valence-corrected chi connectivity index (χ0v) is 13.2. The molecule has 2 aliphatic rings. The first kappa shape index (κ1) is 17.2. The van der Waals surface area contributed by atoms with Gasteiger partial charge in [-0.1, -0.05) is 0 Å². The van der Waals surface area contributed by atoms with Crippen LogP contribution in [0.15, 0.2) is 12.3 Å². The molecule has 1 saturated heterocycles. The van der Waals surface area contributed by atoms with Gasteiger partial charge in [-0.25, -0.2) is 0 Å². The summed E-state index contributed by atoms with van der Waals surface area (Å²) >= 11 is 0. The van der Waals surface area contributed by atoms with Gasteiger partial charge < -0.3 is 18.9 Å². The summed E-state index contributed by atoms with van der Waals surface area (Å²) in [6.07, 6.45) is -0.877. The lowest BCUT2D eigenvalue weighted by atomic mass is 10.1. The van der Waals surface area contributed by atoms with Crippen molar-refractivity contribution >= 4 is 24.3 Å². The van der Waals surface area contributed by atoms with Crippen molar-refractivity contribution in [2.24, 2.45) is 0 Å². The molecule has 4 atom stereocenters. The fourth-order valence-corrected chi connectivity index (χ4v) is 2.54. The molecule has 0 radical (unpaired) electrons. The number of rotatable bonds is 3. The van der Waals surface area contributed by atoms with E-state index in [0.29, 0.717) is 0 Å². The minimum Gasteiger partial charge on any atom is -0.463 e. The van der Waals surface area contributed by atoms with E-state index >= 15 is 0 Å². The number of nitrogens with one attached hydrogen (secondary N) is 1. The molecule has 1 N–H and O–H groups in total. The Labute approximate surface area is 137 Å². The molecule has 3 rings (SSSR count). The standard InChI is InChI=1S/C13H15N3O6.ClH/c1-6(17)19-5-8-10(20-7(2)18)11-12(21-8)16-4-3-9(14)15-13(16)22-11;/h3-4,8,10-12,14H,5H2,1-2H3;1H/t8-,10-,11+,12-;/m1./s1. The van der Waals surface area contributed by atoms with Gasteiger partial charge >= 0.3 is 17.9 Å². The summed E-state index contributed by atoms with van der Waals surface area (Å²) in [5, 5.41) is 7.50. The van der Waals surface area contributed by atoms with Gasteiger partial charge in [-0.2, -0.15) is 4.98 Å². The van der Waals surface area contributed by atoms with E-state index in [0.717, 1.165) is 0 Å². The predicted molar refractivity (Wildman–Crippen MR) is 75.8 cm³/mol. The van der Waals surface area contributed by atoms with Gasteiger partial charge in [-0.05, 0) is 6.07 Å². The molecule has 23 heavy (non-hydrogen) atoms. The average Bonchev–Trinajstić information content (AvgIpc) is 2.92. The number of carbonyl (C=O) groups excluding carboxylic acids is 2. The first-order chi connectivity index (χ1) is 10.5. The molecule has 126 valence electrons. The summed E-state index contributed by atoms with van der Waals surface area (Å²) in [5.41, 5.74) is 0.0618. The van der Waals surface area contributed by atoms with Crippen molar-refractivity contribution in [2.75, 3.05) is 6.61 Å². The minimum atomic E-state index is -0.724. The van der Waals surface area contributed by atoms with Crippen LogP contribution in [0, 0.1) is 5.41 Å². The summed E-state index contributed by atoms with van der Waals surface area (Å²) in [6, 6.07) is 1.73. The van der Waals surface area contributed by atoms with Crippen molar-refractivity contribution in [1.82, 2.24) is 9.55 Å². The molecular weight excluding hydrogens is 330 g/mol. The van der Waals surface area contributed by atoms with Gasteiger partial charge in [-0.15, -0.1) is 12.4 Å². The quantitative estimate of drug-likeness (QED) is 0.763. The lowest BCUT2D eigenvalue weighted by Crippen LogP contribution is -2.39. The first-order valence-electron chi connectivity index (χ1n) is 6.72. The Morgan fingerprint density at radius 3 is 2.78 bits per heavy atom. The van der Waals surface area contributed by atoms with Gasteiger partial charge in [0.15, 0.2) is 23.9 Å². The molecule has 1 fully saturated rings. The van der Waals surface area contributed by atoms with Gasteiger partial charge in [-0.3, -0.25) is 19.6 Å². The van der Waals surface area contributed by atoms with Gasteiger partial charge in [0.2, 0.25) is 0 Å². The highest BCUT2D eigenvalue weighted by molar-refractivity contribution is 5.85. The Balaban J connectivity index is 0.00000192. The van der Waals surface area contributed by atoms with Crippen LogP contribution in [-0.4, -0.2) is 46.4 Å². The molecule has 9 nitrogen and oxygen atoms in total. The Bertz CT molecular complexity index is 678. The second-order valence-electron chi connectivity index (χ2n) is 5.03. The van der Waals surface area contributed by atoms with Crippen LogP contribution in [0.25, 0.3) is 0 Å². The number of esters is 2. The highest BCUT2D eigenvalue weighted by Gasteiger charge is 2.54. The van der Waals surface area contributed by atoms with E-state index in [1.54, 1.807) is 10.8 Å². The number of nitrogens with zero attached hydrogens (tertiary/aromatic N) is 2. The summed E-state index contributed by atoms with van der Waals surface area (Å²) < 4.78 is 23.3. The third kappa shape index (κ3) is 3.30. The van der Waals surface area contributed by atoms with Crippen molar-refractivity contribution in [3.63, 3.8) is 0 Å². The van der Waals surface area contributed by atoms with E-state index in [1.807, 2.05) is 0 Å². The van der Waals surface area contributed by atoms with Crippen molar-refractivity contribution < 1.29 is 28.5 Å². The molecule has 0 unspecified atom stereocenters. The number of aromatic nitrogens is 2. The maximum atomic E-state index is 11.3. The Morgan fingerprint density at radius 1 is 1.39 bits per heavy atom. The van der Waals surface area contributed by atoms with Crippen LogP contribution in [0.2, 0.25) is 0 Å². The molecule has 10 heteroatoms. The Morgan fingerprint density at radius 2 is 2.13 bits per heavy atom. The van der Waals surface area contributed by atoms with Crippen LogP contribution < -0.4 is 10.2 Å². The van der Waals surface area contributed by atoms with Crippen LogP contribution in [-0.2, 0) is 23.8 Å². The van der Waals surface area contributed by atoms with Crippen molar-refractivity contribution in [1.29, 1.82) is 5.41 Å². The molecule has 1 aromatic rings. The van der Waals surface area contributed by atoms with Crippen LogP contribution in [0.4, 0.5) is 0 Å². The number of ether oxygens (including phenoxy) is 4. The molecule has 0 amide bonds. The fraction of sp³-hybridized carbons (Fsp3) is 0.538. The molecule has 3 heterocycles. The SMILES string of the molecule is CC(=O)OC[C@H]1O[C@@H]2[C@@H](Oc3nc(=N)ccn32)[C@@H]1OC(C)=O.Cl.